The van der Waals surface area contributed by atoms with Crippen molar-refractivity contribution >= 4 is 15.7 Å². The van der Waals surface area contributed by atoms with Gasteiger partial charge in [0, 0.05) is 6.54 Å². The Morgan fingerprint density at radius 1 is 1.36 bits per heavy atom. The van der Waals surface area contributed by atoms with Crippen molar-refractivity contribution in [3.63, 3.8) is 0 Å². The van der Waals surface area contributed by atoms with Gasteiger partial charge < -0.3 is 10.6 Å². The zero-order valence-corrected chi connectivity index (χ0v) is 13.9. The Morgan fingerprint density at radius 3 is 2.73 bits per heavy atom. The van der Waals surface area contributed by atoms with Crippen LogP contribution in [0.25, 0.3) is 0 Å². The van der Waals surface area contributed by atoms with Gasteiger partial charge in [-0.1, -0.05) is 12.1 Å². The Balaban J connectivity index is 2.13. The summed E-state index contributed by atoms with van der Waals surface area (Å²) in [6, 6.07) is 6.42. The Labute approximate surface area is 132 Å². The van der Waals surface area contributed by atoms with Crippen LogP contribution in [0.1, 0.15) is 37.0 Å². The number of hydrogen-bond acceptors (Lipinski definition) is 4. The van der Waals surface area contributed by atoms with E-state index in [9.17, 15) is 13.2 Å². The zero-order chi connectivity index (χ0) is 16.2. The minimum Gasteiger partial charge on any atom is -0.352 e. The van der Waals surface area contributed by atoms with Gasteiger partial charge in [0.05, 0.1) is 15.7 Å². The van der Waals surface area contributed by atoms with Crippen molar-refractivity contribution in [1.82, 2.24) is 10.6 Å². The molecule has 1 amide bonds. The van der Waals surface area contributed by atoms with Gasteiger partial charge in [-0.05, 0) is 57.8 Å². The summed E-state index contributed by atoms with van der Waals surface area (Å²) in [6.07, 6.45) is 2.19. The van der Waals surface area contributed by atoms with Crippen LogP contribution in [0.2, 0.25) is 0 Å². The van der Waals surface area contributed by atoms with Crippen LogP contribution >= 0.6 is 0 Å². The standard InChI is InChI=1S/C16H24N2O3S/c1-12(2)22(20,21)15-8-4-3-7-14(15)16(19)18-11-13-6-5-9-17-10-13/h3-4,7-8,12-13,17H,5-6,9-11H2,1-2H3,(H,18,19). The largest absolute Gasteiger partial charge is 0.352 e. The molecule has 1 fully saturated rings. The second kappa shape index (κ2) is 7.24. The molecule has 1 aromatic carbocycles. The van der Waals surface area contributed by atoms with E-state index < -0.39 is 15.1 Å². The van der Waals surface area contributed by atoms with Crippen LogP contribution in [-0.2, 0) is 9.84 Å². The van der Waals surface area contributed by atoms with Crippen molar-refractivity contribution in [2.24, 2.45) is 5.92 Å². The SMILES string of the molecule is CC(C)S(=O)(=O)c1ccccc1C(=O)NCC1CCCNC1. The summed E-state index contributed by atoms with van der Waals surface area (Å²) in [5, 5.41) is 5.63. The molecular weight excluding hydrogens is 300 g/mol. The fraction of sp³-hybridized carbons (Fsp3) is 0.562. The summed E-state index contributed by atoms with van der Waals surface area (Å²) in [5.74, 6) is 0.0944. The molecule has 1 aliphatic heterocycles. The predicted octanol–water partition coefficient (Wildman–Crippen LogP) is 1.60. The predicted molar refractivity (Wildman–Crippen MR) is 86.7 cm³/mol. The second-order valence-electron chi connectivity index (χ2n) is 6.01. The van der Waals surface area contributed by atoms with E-state index in [2.05, 4.69) is 10.6 Å². The molecule has 1 unspecified atom stereocenters. The number of benzene rings is 1. The van der Waals surface area contributed by atoms with E-state index in [4.69, 9.17) is 0 Å². The maximum Gasteiger partial charge on any atom is 0.252 e. The van der Waals surface area contributed by atoms with Crippen molar-refractivity contribution in [1.29, 1.82) is 0 Å². The summed E-state index contributed by atoms with van der Waals surface area (Å²) in [5.41, 5.74) is 0.236. The van der Waals surface area contributed by atoms with Crippen molar-refractivity contribution in [2.75, 3.05) is 19.6 Å². The highest BCUT2D eigenvalue weighted by Gasteiger charge is 2.25. The molecule has 0 bridgehead atoms. The van der Waals surface area contributed by atoms with Crippen molar-refractivity contribution in [3.05, 3.63) is 29.8 Å². The van der Waals surface area contributed by atoms with Gasteiger partial charge in [0.25, 0.3) is 5.91 Å². The maximum absolute atomic E-state index is 12.4. The number of hydrogen-bond donors (Lipinski definition) is 2. The molecule has 1 aliphatic rings. The minimum atomic E-state index is -3.47. The lowest BCUT2D eigenvalue weighted by Gasteiger charge is -2.23. The van der Waals surface area contributed by atoms with Gasteiger partial charge in [0.2, 0.25) is 0 Å². The molecule has 0 radical (unpaired) electrons. The Hall–Kier alpha value is -1.40. The summed E-state index contributed by atoms with van der Waals surface area (Å²) in [6.45, 7) is 5.74. The average molecular weight is 324 g/mol. The first kappa shape index (κ1) is 17.0. The molecule has 6 heteroatoms. The lowest BCUT2D eigenvalue weighted by Crippen LogP contribution is -2.38. The zero-order valence-electron chi connectivity index (χ0n) is 13.1. The van der Waals surface area contributed by atoms with E-state index in [0.29, 0.717) is 12.5 Å². The minimum absolute atomic E-state index is 0.115. The van der Waals surface area contributed by atoms with E-state index in [1.54, 1.807) is 32.0 Å². The van der Waals surface area contributed by atoms with E-state index >= 15 is 0 Å². The van der Waals surface area contributed by atoms with Gasteiger partial charge in [-0.15, -0.1) is 0 Å². The number of carbonyl (C=O) groups excluding carboxylic acids is 1. The molecular formula is C16H24N2O3S. The number of carbonyl (C=O) groups is 1. The highest BCUT2D eigenvalue weighted by atomic mass is 32.2. The van der Waals surface area contributed by atoms with Crippen LogP contribution in [-0.4, -0.2) is 39.2 Å². The van der Waals surface area contributed by atoms with Gasteiger partial charge in [0.15, 0.2) is 9.84 Å². The quantitative estimate of drug-likeness (QED) is 0.862. The van der Waals surface area contributed by atoms with Crippen LogP contribution in [0, 0.1) is 5.92 Å². The van der Waals surface area contributed by atoms with Gasteiger partial charge in [-0.3, -0.25) is 4.79 Å². The highest BCUT2D eigenvalue weighted by molar-refractivity contribution is 7.92. The van der Waals surface area contributed by atoms with Gasteiger partial charge in [0.1, 0.15) is 0 Å². The second-order valence-corrected chi connectivity index (χ2v) is 8.48. The van der Waals surface area contributed by atoms with Crippen LogP contribution in [0.4, 0.5) is 0 Å². The first-order chi connectivity index (χ1) is 10.4. The fourth-order valence-corrected chi connectivity index (χ4v) is 3.83. The molecule has 0 aliphatic carbocycles. The molecule has 1 heterocycles. The molecule has 2 rings (SSSR count). The van der Waals surface area contributed by atoms with Crippen molar-refractivity contribution in [2.45, 2.75) is 36.8 Å². The van der Waals surface area contributed by atoms with Crippen LogP contribution in [0.5, 0.6) is 0 Å². The summed E-state index contributed by atoms with van der Waals surface area (Å²) in [7, 11) is -3.47. The smallest absolute Gasteiger partial charge is 0.252 e. The molecule has 1 atom stereocenters. The Morgan fingerprint density at radius 2 is 2.09 bits per heavy atom. The lowest BCUT2D eigenvalue weighted by molar-refractivity contribution is 0.0941. The van der Waals surface area contributed by atoms with Crippen molar-refractivity contribution in [3.8, 4) is 0 Å². The normalized spacial score (nSPS) is 19.1. The number of rotatable bonds is 5. The number of sulfone groups is 1. The highest BCUT2D eigenvalue weighted by Crippen LogP contribution is 2.20. The third-order valence-corrected chi connectivity index (χ3v) is 6.22. The molecule has 1 aromatic rings. The van der Waals surface area contributed by atoms with E-state index in [1.165, 1.54) is 6.07 Å². The summed E-state index contributed by atoms with van der Waals surface area (Å²) < 4.78 is 24.7. The first-order valence-electron chi connectivity index (χ1n) is 7.74. The lowest BCUT2D eigenvalue weighted by atomic mass is 10.00. The molecule has 0 saturated carbocycles. The van der Waals surface area contributed by atoms with Crippen LogP contribution in [0.3, 0.4) is 0 Å². The fourth-order valence-electron chi connectivity index (χ4n) is 2.59. The van der Waals surface area contributed by atoms with Gasteiger partial charge >= 0.3 is 0 Å². The third-order valence-electron chi connectivity index (χ3n) is 4.01. The van der Waals surface area contributed by atoms with E-state index in [0.717, 1.165) is 25.9 Å². The van der Waals surface area contributed by atoms with Crippen molar-refractivity contribution < 1.29 is 13.2 Å². The molecule has 0 aromatic heterocycles. The number of piperidine rings is 1. The summed E-state index contributed by atoms with van der Waals surface area (Å²) >= 11 is 0. The third kappa shape index (κ3) is 3.87. The Kier molecular flexibility index (Phi) is 5.58. The molecule has 2 N–H and O–H groups in total. The molecule has 122 valence electrons. The van der Waals surface area contributed by atoms with Gasteiger partial charge in [-0.25, -0.2) is 8.42 Å². The van der Waals surface area contributed by atoms with E-state index in [-0.39, 0.29) is 16.4 Å². The molecule has 5 nitrogen and oxygen atoms in total. The maximum atomic E-state index is 12.4. The Bertz CT molecular complexity index is 620. The summed E-state index contributed by atoms with van der Waals surface area (Å²) in [4.78, 5) is 12.5. The first-order valence-corrected chi connectivity index (χ1v) is 9.29. The number of amides is 1. The van der Waals surface area contributed by atoms with Crippen LogP contribution in [0.15, 0.2) is 29.2 Å². The topological polar surface area (TPSA) is 75.3 Å². The average Bonchev–Trinajstić information content (AvgIpc) is 2.53. The number of nitrogens with one attached hydrogen (secondary N) is 2. The van der Waals surface area contributed by atoms with E-state index in [1.807, 2.05) is 0 Å². The van der Waals surface area contributed by atoms with Gasteiger partial charge in [-0.2, -0.15) is 0 Å². The monoisotopic (exact) mass is 324 g/mol. The molecule has 0 spiro atoms. The molecule has 22 heavy (non-hydrogen) atoms. The molecule has 1 saturated heterocycles. The van der Waals surface area contributed by atoms with Crippen LogP contribution < -0.4 is 10.6 Å².